The molecule has 0 aliphatic carbocycles. The van der Waals surface area contributed by atoms with Gasteiger partial charge >= 0.3 is 0 Å². The first-order valence-corrected chi connectivity index (χ1v) is 9.75. The number of rotatable bonds is 6. The Morgan fingerprint density at radius 1 is 1.14 bits per heavy atom. The minimum atomic E-state index is -0.152. The average Bonchev–Trinajstić information content (AvgIpc) is 3.39. The molecule has 1 amide bonds. The fourth-order valence-corrected chi connectivity index (χ4v) is 3.72. The summed E-state index contributed by atoms with van der Waals surface area (Å²) in [6.45, 7) is 1.85. The highest BCUT2D eigenvalue weighted by Crippen LogP contribution is 2.35. The number of benzene rings is 2. The second kappa shape index (κ2) is 8.19. The smallest absolute Gasteiger partial charge is 0.230 e. The molecule has 146 valence electrons. The molecule has 9 heteroatoms. The van der Waals surface area contributed by atoms with Gasteiger partial charge in [-0.1, -0.05) is 42.5 Å². The average molecular weight is 406 g/mol. The van der Waals surface area contributed by atoms with Crippen molar-refractivity contribution in [3.63, 3.8) is 0 Å². The highest BCUT2D eigenvalue weighted by Gasteiger charge is 2.21. The van der Waals surface area contributed by atoms with E-state index in [0.29, 0.717) is 28.9 Å². The maximum Gasteiger partial charge on any atom is 0.230 e. The van der Waals surface area contributed by atoms with E-state index in [1.165, 1.54) is 28.0 Å². The lowest BCUT2D eigenvalue weighted by Crippen LogP contribution is -2.23. The van der Waals surface area contributed by atoms with Crippen LogP contribution in [0.1, 0.15) is 12.6 Å². The highest BCUT2D eigenvalue weighted by atomic mass is 32.1. The number of anilines is 2. The minimum absolute atomic E-state index is 0.152. The lowest BCUT2D eigenvalue weighted by atomic mass is 10.2. The van der Waals surface area contributed by atoms with E-state index in [-0.39, 0.29) is 5.91 Å². The number of hydrogen-bond donors (Lipinski definition) is 0. The van der Waals surface area contributed by atoms with Gasteiger partial charge in [0.25, 0.3) is 0 Å². The molecule has 0 atom stereocenters. The van der Waals surface area contributed by atoms with E-state index in [1.54, 1.807) is 7.11 Å². The molecule has 4 aromatic rings. The van der Waals surface area contributed by atoms with Crippen molar-refractivity contribution in [1.82, 2.24) is 25.2 Å². The number of nitrogens with zero attached hydrogens (tertiary/aromatic N) is 6. The summed E-state index contributed by atoms with van der Waals surface area (Å²) in [5.74, 6) is 1.01. The summed E-state index contributed by atoms with van der Waals surface area (Å²) in [5.41, 5.74) is 2.29. The van der Waals surface area contributed by atoms with Crippen LogP contribution in [0.25, 0.3) is 11.4 Å². The number of carbonyl (C=O) groups is 1. The van der Waals surface area contributed by atoms with Gasteiger partial charge < -0.3 is 4.74 Å². The Kier molecular flexibility index (Phi) is 5.30. The molecule has 2 aromatic heterocycles. The number of methoxy groups -OCH3 is 1. The van der Waals surface area contributed by atoms with Gasteiger partial charge in [0.1, 0.15) is 12.3 Å². The summed E-state index contributed by atoms with van der Waals surface area (Å²) >= 11 is 1.37. The zero-order valence-electron chi connectivity index (χ0n) is 15.9. The van der Waals surface area contributed by atoms with Crippen molar-refractivity contribution < 1.29 is 9.53 Å². The molecular formula is C20H18N6O2S. The second-order valence-corrected chi connectivity index (χ2v) is 6.99. The van der Waals surface area contributed by atoms with Crippen LogP contribution in [0.5, 0.6) is 5.75 Å². The summed E-state index contributed by atoms with van der Waals surface area (Å²) in [6.07, 6.45) is 0. The molecule has 0 spiro atoms. The monoisotopic (exact) mass is 406 g/mol. The standard InChI is InChI=1S/C20H18N6O2S/c1-14(27)26(17-10-6-7-11-18(17)28-2)20-21-16(13-29-20)12-25-23-19(22-24-25)15-8-4-3-5-9-15/h3-11,13H,12H2,1-2H3. The molecule has 0 bridgehead atoms. The van der Waals surface area contributed by atoms with E-state index in [4.69, 9.17) is 4.74 Å². The molecule has 29 heavy (non-hydrogen) atoms. The van der Waals surface area contributed by atoms with Crippen molar-refractivity contribution in [2.45, 2.75) is 13.5 Å². The van der Waals surface area contributed by atoms with Crippen molar-refractivity contribution in [3.05, 3.63) is 65.7 Å². The van der Waals surface area contributed by atoms with Crippen molar-refractivity contribution in [2.24, 2.45) is 0 Å². The van der Waals surface area contributed by atoms with Crippen LogP contribution in [0.4, 0.5) is 10.8 Å². The third kappa shape index (κ3) is 3.99. The molecule has 0 fully saturated rings. The minimum Gasteiger partial charge on any atom is -0.495 e. The summed E-state index contributed by atoms with van der Waals surface area (Å²) < 4.78 is 5.40. The largest absolute Gasteiger partial charge is 0.495 e. The second-order valence-electron chi connectivity index (χ2n) is 6.16. The molecule has 2 aromatic carbocycles. The first kappa shape index (κ1) is 18.8. The molecule has 0 radical (unpaired) electrons. The number of para-hydroxylation sites is 2. The molecule has 0 aliphatic heterocycles. The van der Waals surface area contributed by atoms with Gasteiger partial charge in [0.15, 0.2) is 5.13 Å². The molecule has 0 unspecified atom stereocenters. The van der Waals surface area contributed by atoms with Crippen molar-refractivity contribution in [3.8, 4) is 17.1 Å². The van der Waals surface area contributed by atoms with Gasteiger partial charge in [-0.25, -0.2) is 4.98 Å². The molecule has 0 saturated carbocycles. The summed E-state index contributed by atoms with van der Waals surface area (Å²) in [5, 5.41) is 15.0. The van der Waals surface area contributed by atoms with Gasteiger partial charge in [0.05, 0.1) is 18.5 Å². The maximum absolute atomic E-state index is 12.3. The van der Waals surface area contributed by atoms with Crippen molar-refractivity contribution >= 4 is 28.1 Å². The molecule has 4 rings (SSSR count). The van der Waals surface area contributed by atoms with Crippen molar-refractivity contribution in [1.29, 1.82) is 0 Å². The van der Waals surface area contributed by atoms with Crippen LogP contribution < -0.4 is 9.64 Å². The quantitative estimate of drug-likeness (QED) is 0.487. The SMILES string of the molecule is COc1ccccc1N(C(C)=O)c1nc(Cn2nnc(-c3ccccc3)n2)cs1. The van der Waals surface area contributed by atoms with Crippen LogP contribution in [0, 0.1) is 0 Å². The predicted octanol–water partition coefficient (Wildman–Crippen LogP) is 3.54. The molecule has 0 aliphatic rings. The van der Waals surface area contributed by atoms with Crippen molar-refractivity contribution in [2.75, 3.05) is 12.0 Å². The number of ether oxygens (including phenoxy) is 1. The van der Waals surface area contributed by atoms with Gasteiger partial charge in [-0.2, -0.15) is 4.80 Å². The zero-order chi connectivity index (χ0) is 20.2. The van der Waals surface area contributed by atoms with Crippen LogP contribution in [0.15, 0.2) is 60.0 Å². The van der Waals surface area contributed by atoms with Gasteiger partial charge in [-0.05, 0) is 17.3 Å². The zero-order valence-corrected chi connectivity index (χ0v) is 16.7. The van der Waals surface area contributed by atoms with Crippen LogP contribution in [-0.2, 0) is 11.3 Å². The Bertz CT molecular complexity index is 1120. The first-order valence-electron chi connectivity index (χ1n) is 8.87. The predicted molar refractivity (Wildman–Crippen MR) is 110 cm³/mol. The van der Waals surface area contributed by atoms with Crippen LogP contribution in [-0.4, -0.2) is 38.2 Å². The van der Waals surface area contributed by atoms with Crippen LogP contribution in [0.3, 0.4) is 0 Å². The molecule has 2 heterocycles. The Balaban J connectivity index is 1.57. The Labute approximate surface area is 171 Å². The maximum atomic E-state index is 12.3. The van der Waals surface area contributed by atoms with Crippen LogP contribution in [0.2, 0.25) is 0 Å². The number of aromatic nitrogens is 5. The molecule has 0 saturated heterocycles. The summed E-state index contributed by atoms with van der Waals surface area (Å²) in [4.78, 5) is 20.0. The number of thiazole rings is 1. The Morgan fingerprint density at radius 2 is 1.90 bits per heavy atom. The first-order chi connectivity index (χ1) is 14.2. The number of hydrogen-bond acceptors (Lipinski definition) is 7. The van der Waals surface area contributed by atoms with Gasteiger partial charge in [-0.3, -0.25) is 9.69 Å². The fourth-order valence-electron chi connectivity index (χ4n) is 2.85. The number of amides is 1. The Hall–Kier alpha value is -3.59. The van der Waals surface area contributed by atoms with Gasteiger partial charge in [-0.15, -0.1) is 21.5 Å². The summed E-state index contributed by atoms with van der Waals surface area (Å²) in [7, 11) is 1.57. The third-order valence-corrected chi connectivity index (χ3v) is 5.03. The van der Waals surface area contributed by atoms with E-state index in [0.717, 1.165) is 11.3 Å². The highest BCUT2D eigenvalue weighted by molar-refractivity contribution is 7.14. The normalized spacial score (nSPS) is 10.7. The topological polar surface area (TPSA) is 86.0 Å². The van der Waals surface area contributed by atoms with Gasteiger partial charge in [0, 0.05) is 17.9 Å². The molecule has 0 N–H and O–H groups in total. The Morgan fingerprint density at radius 3 is 2.66 bits per heavy atom. The van der Waals surface area contributed by atoms with E-state index >= 15 is 0 Å². The number of carbonyl (C=O) groups excluding carboxylic acids is 1. The van der Waals surface area contributed by atoms with Gasteiger partial charge in [0.2, 0.25) is 11.7 Å². The van der Waals surface area contributed by atoms with E-state index in [1.807, 2.05) is 60.0 Å². The van der Waals surface area contributed by atoms with Crippen LogP contribution >= 0.6 is 11.3 Å². The van der Waals surface area contributed by atoms with E-state index < -0.39 is 0 Å². The molecule has 8 nitrogen and oxygen atoms in total. The lowest BCUT2D eigenvalue weighted by Gasteiger charge is -2.20. The number of tetrazole rings is 1. The third-order valence-electron chi connectivity index (χ3n) is 4.16. The fraction of sp³-hybridized carbons (Fsp3) is 0.150. The van der Waals surface area contributed by atoms with E-state index in [2.05, 4.69) is 20.4 Å². The lowest BCUT2D eigenvalue weighted by molar-refractivity contribution is -0.115. The molecular weight excluding hydrogens is 388 g/mol. The summed E-state index contributed by atoms with van der Waals surface area (Å²) in [6, 6.07) is 17.0. The van der Waals surface area contributed by atoms with E-state index in [9.17, 15) is 4.79 Å².